The molecule has 0 radical (unpaired) electrons. The van der Waals surface area contributed by atoms with Crippen LogP contribution in [-0.2, 0) is 4.79 Å². The fourth-order valence-electron chi connectivity index (χ4n) is 3.87. The third-order valence-electron chi connectivity index (χ3n) is 5.83. The van der Waals surface area contributed by atoms with Crippen LogP contribution in [0.1, 0.15) is 26.7 Å². The summed E-state index contributed by atoms with van der Waals surface area (Å²) in [5, 5.41) is 9.63. The number of nitrogens with zero attached hydrogens (tertiary/aromatic N) is 4. The number of hydrogen-bond donors (Lipinski definition) is 2. The normalized spacial score (nSPS) is 28.7. The van der Waals surface area contributed by atoms with Gasteiger partial charge in [0.15, 0.2) is 0 Å². The summed E-state index contributed by atoms with van der Waals surface area (Å²) < 4.78 is 0. The Bertz CT molecular complexity index is 748. The van der Waals surface area contributed by atoms with Gasteiger partial charge in [0.2, 0.25) is 5.91 Å². The zero-order chi connectivity index (χ0) is 19.6. The Morgan fingerprint density at radius 3 is 2.78 bits per heavy atom. The average Bonchev–Trinajstić information content (AvgIpc) is 3.00. The Labute approximate surface area is 161 Å². The SMILES string of the molecule is CNC1=C(C(N)=NC2=CCC(C3C=NN(C)C3C)C=C2)CN(C(C)=O)CC1. The third kappa shape index (κ3) is 4.07. The first kappa shape index (κ1) is 19.2. The Morgan fingerprint density at radius 1 is 1.44 bits per heavy atom. The topological polar surface area (TPSA) is 86.3 Å². The maximum atomic E-state index is 11.7. The number of aliphatic imine (C=N–C) groups is 1. The molecule has 3 N–H and O–H groups in total. The second-order valence-electron chi connectivity index (χ2n) is 7.44. The van der Waals surface area contributed by atoms with Crippen LogP contribution in [0.2, 0.25) is 0 Å². The smallest absolute Gasteiger partial charge is 0.219 e. The Balaban J connectivity index is 1.71. The molecule has 146 valence electrons. The van der Waals surface area contributed by atoms with E-state index in [1.807, 2.05) is 25.2 Å². The lowest BCUT2D eigenvalue weighted by Gasteiger charge is -2.30. The molecule has 0 fully saturated rings. The highest BCUT2D eigenvalue weighted by molar-refractivity contribution is 5.99. The second kappa shape index (κ2) is 7.98. The van der Waals surface area contributed by atoms with Crippen molar-refractivity contribution in [1.29, 1.82) is 0 Å². The number of hydrogen-bond acceptors (Lipinski definition) is 5. The van der Waals surface area contributed by atoms with Crippen LogP contribution in [0.25, 0.3) is 0 Å². The molecule has 3 atom stereocenters. The van der Waals surface area contributed by atoms with E-state index in [0.717, 1.165) is 29.8 Å². The number of amides is 1. The number of allylic oxidation sites excluding steroid dienone is 3. The van der Waals surface area contributed by atoms with Crippen molar-refractivity contribution < 1.29 is 4.79 Å². The predicted octanol–water partition coefficient (Wildman–Crippen LogP) is 1.47. The molecular formula is C20H30N6O. The third-order valence-corrected chi connectivity index (χ3v) is 5.83. The van der Waals surface area contributed by atoms with Gasteiger partial charge in [-0.2, -0.15) is 5.10 Å². The largest absolute Gasteiger partial charge is 0.391 e. The first-order chi connectivity index (χ1) is 12.9. The van der Waals surface area contributed by atoms with Crippen molar-refractivity contribution in [3.05, 3.63) is 35.2 Å². The van der Waals surface area contributed by atoms with Gasteiger partial charge < -0.3 is 16.0 Å². The van der Waals surface area contributed by atoms with Gasteiger partial charge in [-0.3, -0.25) is 9.80 Å². The van der Waals surface area contributed by atoms with Gasteiger partial charge in [0, 0.05) is 57.4 Å². The number of hydrazone groups is 1. The Kier molecular flexibility index (Phi) is 5.68. The Morgan fingerprint density at radius 2 is 2.22 bits per heavy atom. The van der Waals surface area contributed by atoms with Crippen molar-refractivity contribution in [2.75, 3.05) is 27.2 Å². The molecule has 0 aromatic carbocycles. The number of carbonyl (C=O) groups excluding carboxylic acids is 1. The number of carbonyl (C=O) groups is 1. The molecule has 27 heavy (non-hydrogen) atoms. The predicted molar refractivity (Wildman–Crippen MR) is 109 cm³/mol. The highest BCUT2D eigenvalue weighted by atomic mass is 16.2. The maximum Gasteiger partial charge on any atom is 0.219 e. The fourth-order valence-corrected chi connectivity index (χ4v) is 3.87. The minimum atomic E-state index is 0.0624. The molecular weight excluding hydrogens is 340 g/mol. The van der Waals surface area contributed by atoms with Gasteiger partial charge in [-0.25, -0.2) is 4.99 Å². The van der Waals surface area contributed by atoms with Crippen molar-refractivity contribution in [2.24, 2.45) is 27.7 Å². The quantitative estimate of drug-likeness (QED) is 0.579. The zero-order valence-electron chi connectivity index (χ0n) is 16.6. The molecule has 0 spiro atoms. The zero-order valence-corrected chi connectivity index (χ0v) is 16.6. The average molecular weight is 371 g/mol. The molecule has 7 heteroatoms. The molecule has 0 bridgehead atoms. The van der Waals surface area contributed by atoms with Crippen molar-refractivity contribution in [2.45, 2.75) is 32.7 Å². The summed E-state index contributed by atoms with van der Waals surface area (Å²) in [6, 6.07) is 0.409. The van der Waals surface area contributed by atoms with Gasteiger partial charge in [-0.1, -0.05) is 12.2 Å². The van der Waals surface area contributed by atoms with Crippen LogP contribution >= 0.6 is 0 Å². The highest BCUT2D eigenvalue weighted by Crippen LogP contribution is 2.30. The maximum absolute atomic E-state index is 11.7. The minimum Gasteiger partial charge on any atom is -0.391 e. The fraction of sp³-hybridized carbons (Fsp3) is 0.550. The van der Waals surface area contributed by atoms with E-state index in [4.69, 9.17) is 5.73 Å². The van der Waals surface area contributed by atoms with E-state index in [1.54, 1.807) is 11.8 Å². The summed E-state index contributed by atoms with van der Waals surface area (Å²) in [6.45, 7) is 5.01. The van der Waals surface area contributed by atoms with Crippen molar-refractivity contribution in [3.8, 4) is 0 Å². The molecule has 0 saturated carbocycles. The molecule has 0 aromatic heterocycles. The summed E-state index contributed by atoms with van der Waals surface area (Å²) in [5.74, 6) is 1.40. The standard InChI is InChI=1S/C20H30N6O/c1-13-17(11-23-25(13)4)15-5-7-16(8-6-15)24-20(21)18-12-26(14(2)27)10-9-19(18)22-3/h5,7-8,11,13,15,17,22H,6,9-10,12H2,1-4H3,(H2,21,24). The van der Waals surface area contributed by atoms with Gasteiger partial charge in [0.25, 0.3) is 0 Å². The van der Waals surface area contributed by atoms with E-state index in [-0.39, 0.29) is 5.91 Å². The van der Waals surface area contributed by atoms with Crippen molar-refractivity contribution in [1.82, 2.24) is 15.2 Å². The molecule has 3 aliphatic rings. The van der Waals surface area contributed by atoms with E-state index in [0.29, 0.717) is 36.8 Å². The first-order valence-corrected chi connectivity index (χ1v) is 9.55. The molecule has 3 unspecified atom stereocenters. The Hall–Kier alpha value is -2.57. The molecule has 0 aromatic rings. The van der Waals surface area contributed by atoms with Crippen molar-refractivity contribution >= 4 is 18.0 Å². The van der Waals surface area contributed by atoms with Gasteiger partial charge in [-0.05, 0) is 25.3 Å². The number of nitrogens with two attached hydrogens (primary N) is 1. The first-order valence-electron chi connectivity index (χ1n) is 9.55. The summed E-state index contributed by atoms with van der Waals surface area (Å²) in [4.78, 5) is 18.2. The van der Waals surface area contributed by atoms with Crippen molar-refractivity contribution in [3.63, 3.8) is 0 Å². The number of nitrogens with one attached hydrogen (secondary N) is 1. The lowest BCUT2D eigenvalue weighted by molar-refractivity contribution is -0.128. The molecule has 0 saturated heterocycles. The molecule has 2 aliphatic heterocycles. The van der Waals surface area contributed by atoms with Crippen LogP contribution < -0.4 is 11.1 Å². The van der Waals surface area contributed by atoms with Crippen LogP contribution in [0.4, 0.5) is 0 Å². The van der Waals surface area contributed by atoms with Crippen LogP contribution in [0.3, 0.4) is 0 Å². The summed E-state index contributed by atoms with van der Waals surface area (Å²) in [5.41, 5.74) is 9.17. The summed E-state index contributed by atoms with van der Waals surface area (Å²) in [6.07, 6.45) is 10.2. The van der Waals surface area contributed by atoms with E-state index < -0.39 is 0 Å². The molecule has 3 rings (SSSR count). The molecule has 1 aliphatic carbocycles. The second-order valence-corrected chi connectivity index (χ2v) is 7.44. The molecule has 2 heterocycles. The lowest BCUT2D eigenvalue weighted by Crippen LogP contribution is -2.41. The van der Waals surface area contributed by atoms with E-state index in [2.05, 4.69) is 40.7 Å². The summed E-state index contributed by atoms with van der Waals surface area (Å²) in [7, 11) is 3.90. The monoisotopic (exact) mass is 370 g/mol. The van der Waals surface area contributed by atoms with Crippen LogP contribution in [0.15, 0.2) is 45.3 Å². The molecule has 7 nitrogen and oxygen atoms in total. The highest BCUT2D eigenvalue weighted by Gasteiger charge is 2.30. The minimum absolute atomic E-state index is 0.0624. The number of amidine groups is 1. The van der Waals surface area contributed by atoms with Crippen LogP contribution in [0.5, 0.6) is 0 Å². The van der Waals surface area contributed by atoms with Gasteiger partial charge in [-0.15, -0.1) is 0 Å². The lowest BCUT2D eigenvalue weighted by atomic mass is 9.83. The van der Waals surface area contributed by atoms with E-state index in [9.17, 15) is 4.79 Å². The van der Waals surface area contributed by atoms with E-state index >= 15 is 0 Å². The van der Waals surface area contributed by atoms with Gasteiger partial charge in [0.1, 0.15) is 5.84 Å². The van der Waals surface area contributed by atoms with Crippen LogP contribution in [0, 0.1) is 11.8 Å². The molecule has 1 amide bonds. The van der Waals surface area contributed by atoms with Gasteiger partial charge >= 0.3 is 0 Å². The van der Waals surface area contributed by atoms with Gasteiger partial charge in [0.05, 0.1) is 18.3 Å². The van der Waals surface area contributed by atoms with E-state index in [1.165, 1.54) is 0 Å². The summed E-state index contributed by atoms with van der Waals surface area (Å²) >= 11 is 0. The van der Waals surface area contributed by atoms with Crippen LogP contribution in [-0.4, -0.2) is 61.1 Å². The number of rotatable bonds is 4.